The van der Waals surface area contributed by atoms with Gasteiger partial charge in [-0.1, -0.05) is 0 Å². The topological polar surface area (TPSA) is 70.3 Å². The molecule has 0 amide bonds. The lowest BCUT2D eigenvalue weighted by atomic mass is 9.96. The number of ether oxygens (including phenoxy) is 2. The second-order valence-electron chi connectivity index (χ2n) is 3.40. The van der Waals surface area contributed by atoms with Gasteiger partial charge in [-0.15, -0.1) is 0 Å². The standard InChI is InChI=1S/C9H13N3O2/c1-13-8-4-7(11-6-12-8)9(10)2-3-14-5-9/h4,6H,2-3,5,10H2,1H3. The van der Waals surface area contributed by atoms with Crippen molar-refractivity contribution in [1.29, 1.82) is 0 Å². The molecule has 0 saturated carbocycles. The Bertz CT molecular complexity index is 324. The quantitative estimate of drug-likeness (QED) is 0.722. The van der Waals surface area contributed by atoms with Gasteiger partial charge >= 0.3 is 0 Å². The van der Waals surface area contributed by atoms with Crippen molar-refractivity contribution in [2.45, 2.75) is 12.0 Å². The van der Waals surface area contributed by atoms with Crippen molar-refractivity contribution in [2.75, 3.05) is 20.3 Å². The summed E-state index contributed by atoms with van der Waals surface area (Å²) in [5.41, 5.74) is 6.44. The van der Waals surface area contributed by atoms with Crippen molar-refractivity contribution < 1.29 is 9.47 Å². The van der Waals surface area contributed by atoms with Crippen LogP contribution in [0.4, 0.5) is 0 Å². The summed E-state index contributed by atoms with van der Waals surface area (Å²) in [4.78, 5) is 8.08. The molecule has 1 aromatic rings. The highest BCUT2D eigenvalue weighted by atomic mass is 16.5. The van der Waals surface area contributed by atoms with E-state index in [0.29, 0.717) is 19.1 Å². The molecule has 0 bridgehead atoms. The Morgan fingerprint density at radius 2 is 2.43 bits per heavy atom. The maximum absolute atomic E-state index is 6.13. The largest absolute Gasteiger partial charge is 0.481 e. The lowest BCUT2D eigenvalue weighted by molar-refractivity contribution is 0.177. The maximum Gasteiger partial charge on any atom is 0.216 e. The van der Waals surface area contributed by atoms with Crippen LogP contribution in [0.1, 0.15) is 12.1 Å². The molecule has 1 unspecified atom stereocenters. The molecule has 1 fully saturated rings. The van der Waals surface area contributed by atoms with Crippen molar-refractivity contribution in [3.63, 3.8) is 0 Å². The molecular formula is C9H13N3O2. The summed E-state index contributed by atoms with van der Waals surface area (Å²) in [6, 6.07) is 1.76. The summed E-state index contributed by atoms with van der Waals surface area (Å²) in [7, 11) is 1.57. The highest BCUT2D eigenvalue weighted by Crippen LogP contribution is 2.27. The van der Waals surface area contributed by atoms with Crippen LogP contribution in [0.15, 0.2) is 12.4 Å². The molecule has 76 valence electrons. The normalized spacial score (nSPS) is 26.4. The molecule has 0 aliphatic carbocycles. The zero-order valence-electron chi connectivity index (χ0n) is 8.06. The van der Waals surface area contributed by atoms with E-state index in [1.165, 1.54) is 6.33 Å². The Balaban J connectivity index is 2.30. The first-order valence-electron chi connectivity index (χ1n) is 4.48. The summed E-state index contributed by atoms with van der Waals surface area (Å²) < 4.78 is 10.3. The molecule has 0 spiro atoms. The van der Waals surface area contributed by atoms with E-state index in [0.717, 1.165) is 12.1 Å². The van der Waals surface area contributed by atoms with Gasteiger partial charge < -0.3 is 15.2 Å². The Morgan fingerprint density at radius 1 is 1.57 bits per heavy atom. The van der Waals surface area contributed by atoms with Crippen molar-refractivity contribution in [3.8, 4) is 5.88 Å². The van der Waals surface area contributed by atoms with Gasteiger partial charge in [0.25, 0.3) is 0 Å². The zero-order chi connectivity index (χ0) is 10.0. The fourth-order valence-electron chi connectivity index (χ4n) is 1.51. The fourth-order valence-corrected chi connectivity index (χ4v) is 1.51. The van der Waals surface area contributed by atoms with E-state index in [1.807, 2.05) is 0 Å². The number of aromatic nitrogens is 2. The predicted octanol–water partition coefficient (Wildman–Crippen LogP) is 0.0595. The third-order valence-electron chi connectivity index (χ3n) is 2.41. The van der Waals surface area contributed by atoms with E-state index in [9.17, 15) is 0 Å². The SMILES string of the molecule is COc1cc(C2(N)CCOC2)ncn1. The molecule has 2 rings (SSSR count). The number of methoxy groups -OCH3 is 1. The summed E-state index contributed by atoms with van der Waals surface area (Å²) in [6.45, 7) is 1.19. The van der Waals surface area contributed by atoms with E-state index >= 15 is 0 Å². The molecule has 1 saturated heterocycles. The van der Waals surface area contributed by atoms with Crippen LogP contribution in [0.2, 0.25) is 0 Å². The first-order chi connectivity index (χ1) is 6.74. The number of rotatable bonds is 2. The highest BCUT2D eigenvalue weighted by molar-refractivity contribution is 5.21. The molecule has 1 atom stereocenters. The van der Waals surface area contributed by atoms with Gasteiger partial charge in [-0.25, -0.2) is 9.97 Å². The first kappa shape index (κ1) is 9.36. The lowest BCUT2D eigenvalue weighted by Crippen LogP contribution is -2.38. The van der Waals surface area contributed by atoms with Crippen LogP contribution in [0.5, 0.6) is 5.88 Å². The van der Waals surface area contributed by atoms with Crippen LogP contribution < -0.4 is 10.5 Å². The molecule has 1 aromatic heterocycles. The fraction of sp³-hybridized carbons (Fsp3) is 0.556. The Kier molecular flexibility index (Phi) is 2.35. The average molecular weight is 195 g/mol. The van der Waals surface area contributed by atoms with E-state index in [1.54, 1.807) is 13.2 Å². The minimum absolute atomic E-state index is 0.476. The van der Waals surface area contributed by atoms with E-state index < -0.39 is 5.54 Å². The van der Waals surface area contributed by atoms with Crippen LogP contribution in [0.3, 0.4) is 0 Å². The second kappa shape index (κ2) is 3.51. The molecule has 0 radical (unpaired) electrons. The molecule has 5 nitrogen and oxygen atoms in total. The zero-order valence-corrected chi connectivity index (χ0v) is 8.06. The highest BCUT2D eigenvalue weighted by Gasteiger charge is 2.34. The predicted molar refractivity (Wildman–Crippen MR) is 49.9 cm³/mol. The number of nitrogens with two attached hydrogens (primary N) is 1. The molecule has 2 heterocycles. The van der Waals surface area contributed by atoms with Gasteiger partial charge in [-0.2, -0.15) is 0 Å². The van der Waals surface area contributed by atoms with E-state index in [4.69, 9.17) is 15.2 Å². The van der Waals surface area contributed by atoms with E-state index in [-0.39, 0.29) is 0 Å². The van der Waals surface area contributed by atoms with Crippen molar-refractivity contribution >= 4 is 0 Å². The van der Waals surface area contributed by atoms with Crippen LogP contribution in [0, 0.1) is 0 Å². The number of nitrogens with zero attached hydrogens (tertiary/aromatic N) is 2. The Morgan fingerprint density at radius 3 is 3.07 bits per heavy atom. The average Bonchev–Trinajstić information content (AvgIpc) is 2.67. The summed E-state index contributed by atoms with van der Waals surface area (Å²) >= 11 is 0. The van der Waals surface area contributed by atoms with Crippen LogP contribution in [0.25, 0.3) is 0 Å². The molecule has 2 N–H and O–H groups in total. The molecule has 14 heavy (non-hydrogen) atoms. The third kappa shape index (κ3) is 1.56. The molecule has 1 aliphatic heterocycles. The lowest BCUT2D eigenvalue weighted by Gasteiger charge is -2.20. The van der Waals surface area contributed by atoms with E-state index in [2.05, 4.69) is 9.97 Å². The molecule has 5 heteroatoms. The summed E-state index contributed by atoms with van der Waals surface area (Å²) in [6.07, 6.45) is 2.24. The van der Waals surface area contributed by atoms with Gasteiger partial charge in [0.2, 0.25) is 5.88 Å². The van der Waals surface area contributed by atoms with Crippen molar-refractivity contribution in [2.24, 2.45) is 5.73 Å². The Labute approximate surface area is 82.3 Å². The van der Waals surface area contributed by atoms with Crippen LogP contribution >= 0.6 is 0 Å². The molecule has 1 aliphatic rings. The van der Waals surface area contributed by atoms with Crippen molar-refractivity contribution in [3.05, 3.63) is 18.1 Å². The minimum atomic E-state index is -0.476. The van der Waals surface area contributed by atoms with Gasteiger partial charge in [0, 0.05) is 12.7 Å². The van der Waals surface area contributed by atoms with Gasteiger partial charge in [0.15, 0.2) is 0 Å². The smallest absolute Gasteiger partial charge is 0.216 e. The summed E-state index contributed by atoms with van der Waals surface area (Å²) in [5, 5.41) is 0. The van der Waals surface area contributed by atoms with Crippen molar-refractivity contribution in [1.82, 2.24) is 9.97 Å². The number of hydrogen-bond donors (Lipinski definition) is 1. The Hall–Kier alpha value is -1.20. The van der Waals surface area contributed by atoms with Crippen LogP contribution in [-0.4, -0.2) is 30.3 Å². The van der Waals surface area contributed by atoms with Gasteiger partial charge in [0.1, 0.15) is 6.33 Å². The van der Waals surface area contributed by atoms with Gasteiger partial charge in [-0.05, 0) is 6.42 Å². The maximum atomic E-state index is 6.13. The molecule has 0 aromatic carbocycles. The summed E-state index contributed by atoms with van der Waals surface area (Å²) in [5.74, 6) is 0.534. The van der Waals surface area contributed by atoms with Crippen LogP contribution in [-0.2, 0) is 10.3 Å². The first-order valence-corrected chi connectivity index (χ1v) is 4.48. The number of hydrogen-bond acceptors (Lipinski definition) is 5. The van der Waals surface area contributed by atoms with Gasteiger partial charge in [-0.3, -0.25) is 0 Å². The molecular weight excluding hydrogens is 182 g/mol. The third-order valence-corrected chi connectivity index (χ3v) is 2.41. The second-order valence-corrected chi connectivity index (χ2v) is 3.40. The monoisotopic (exact) mass is 195 g/mol. The minimum Gasteiger partial charge on any atom is -0.481 e. The van der Waals surface area contributed by atoms with Gasteiger partial charge in [0.05, 0.1) is 24.9 Å².